The Morgan fingerprint density at radius 1 is 0.973 bits per heavy atom. The minimum Gasteiger partial charge on any atom is -0.490 e. The fourth-order valence-corrected chi connectivity index (χ4v) is 4.88. The molecular formula is C30H26FNO5. The molecule has 5 rings (SSSR count). The molecule has 37 heavy (non-hydrogen) atoms. The molecule has 0 radical (unpaired) electrons. The fourth-order valence-electron chi connectivity index (χ4n) is 4.88. The van der Waals surface area contributed by atoms with Crippen LogP contribution in [0.4, 0.5) is 4.39 Å². The number of dihydropyridines is 1. The largest absolute Gasteiger partial charge is 0.490 e. The van der Waals surface area contributed by atoms with Crippen molar-refractivity contribution in [3.05, 3.63) is 112 Å². The first-order chi connectivity index (χ1) is 17.9. The van der Waals surface area contributed by atoms with Crippen molar-refractivity contribution in [2.24, 2.45) is 0 Å². The number of halogens is 1. The Kier molecular flexibility index (Phi) is 6.53. The van der Waals surface area contributed by atoms with E-state index in [0.717, 1.165) is 11.1 Å². The highest BCUT2D eigenvalue weighted by Crippen LogP contribution is 2.48. The van der Waals surface area contributed by atoms with Gasteiger partial charge in [-0.05, 0) is 49.2 Å². The maximum Gasteiger partial charge on any atom is 0.336 e. The van der Waals surface area contributed by atoms with Gasteiger partial charge in [-0.25, -0.2) is 9.18 Å². The number of allylic oxidation sites excluding steroid dienone is 2. The molecule has 0 spiro atoms. The number of rotatable bonds is 7. The number of fused-ring (bicyclic) bond motifs is 2. The van der Waals surface area contributed by atoms with E-state index in [9.17, 15) is 14.0 Å². The monoisotopic (exact) mass is 499 g/mol. The highest BCUT2D eigenvalue weighted by Gasteiger charge is 2.43. The van der Waals surface area contributed by atoms with Crippen LogP contribution in [0.25, 0.3) is 5.70 Å². The molecule has 7 heteroatoms. The molecule has 6 nitrogen and oxygen atoms in total. The van der Waals surface area contributed by atoms with Gasteiger partial charge in [0.25, 0.3) is 0 Å². The molecule has 0 aromatic heterocycles. The van der Waals surface area contributed by atoms with E-state index in [0.29, 0.717) is 51.8 Å². The van der Waals surface area contributed by atoms with Gasteiger partial charge in [0.1, 0.15) is 12.4 Å². The fraction of sp³-hybridized carbons (Fsp3) is 0.200. The van der Waals surface area contributed by atoms with Crippen LogP contribution in [0.15, 0.2) is 83.6 Å². The van der Waals surface area contributed by atoms with Crippen LogP contribution in [0.5, 0.6) is 11.5 Å². The highest BCUT2D eigenvalue weighted by molar-refractivity contribution is 6.23. The van der Waals surface area contributed by atoms with Crippen LogP contribution >= 0.6 is 0 Å². The van der Waals surface area contributed by atoms with Gasteiger partial charge in [0.15, 0.2) is 17.3 Å². The summed E-state index contributed by atoms with van der Waals surface area (Å²) < 4.78 is 30.3. The molecule has 1 atom stereocenters. The van der Waals surface area contributed by atoms with E-state index in [1.54, 1.807) is 37.3 Å². The van der Waals surface area contributed by atoms with Gasteiger partial charge in [-0.3, -0.25) is 4.79 Å². The summed E-state index contributed by atoms with van der Waals surface area (Å²) in [5.41, 5.74) is 5.09. The van der Waals surface area contributed by atoms with Crippen LogP contribution in [-0.2, 0) is 16.1 Å². The Hall–Kier alpha value is -4.39. The van der Waals surface area contributed by atoms with Gasteiger partial charge < -0.3 is 19.5 Å². The number of methoxy groups -OCH3 is 1. The standard InChI is InChI=1S/C30H26FNO5/c1-4-36-24-15-19(11-14-23(24)37-16-18-9-12-20(31)13-10-18)26-25(30(34)35-3)17(2)32-28-21-7-5-6-8-22(21)29(33)27(26)28/h5-15,26,32H,4,16H2,1-3H3/t26-/m0/s1. The molecule has 0 bridgehead atoms. The second-order valence-corrected chi connectivity index (χ2v) is 8.81. The number of benzene rings is 3. The van der Waals surface area contributed by atoms with Gasteiger partial charge in [-0.2, -0.15) is 0 Å². The second-order valence-electron chi connectivity index (χ2n) is 8.81. The third-order valence-electron chi connectivity index (χ3n) is 6.56. The third-order valence-corrected chi connectivity index (χ3v) is 6.56. The quantitative estimate of drug-likeness (QED) is 0.430. The van der Waals surface area contributed by atoms with Crippen molar-refractivity contribution in [3.63, 3.8) is 0 Å². The van der Waals surface area contributed by atoms with Crippen molar-refractivity contribution in [3.8, 4) is 11.5 Å². The van der Waals surface area contributed by atoms with Crippen LogP contribution in [-0.4, -0.2) is 25.5 Å². The molecular weight excluding hydrogens is 473 g/mol. The Labute approximate surface area is 214 Å². The highest BCUT2D eigenvalue weighted by atomic mass is 19.1. The second kappa shape index (κ2) is 9.93. The number of carbonyl (C=O) groups is 2. The van der Waals surface area contributed by atoms with Crippen LogP contribution in [0.2, 0.25) is 0 Å². The maximum atomic E-state index is 13.6. The molecule has 0 saturated carbocycles. The zero-order chi connectivity index (χ0) is 26.1. The summed E-state index contributed by atoms with van der Waals surface area (Å²) in [6.45, 7) is 4.28. The molecule has 188 valence electrons. The smallest absolute Gasteiger partial charge is 0.336 e. The zero-order valence-electron chi connectivity index (χ0n) is 20.8. The lowest BCUT2D eigenvalue weighted by Crippen LogP contribution is -2.29. The van der Waals surface area contributed by atoms with Crippen LogP contribution in [0.3, 0.4) is 0 Å². The van der Waals surface area contributed by atoms with Gasteiger partial charge in [-0.1, -0.05) is 42.5 Å². The summed E-state index contributed by atoms with van der Waals surface area (Å²) in [5.74, 6) is -0.639. The van der Waals surface area contributed by atoms with E-state index >= 15 is 0 Å². The Morgan fingerprint density at radius 2 is 1.70 bits per heavy atom. The van der Waals surface area contributed by atoms with E-state index in [1.165, 1.54) is 19.2 Å². The number of ether oxygens (including phenoxy) is 3. The normalized spacial score (nSPS) is 16.2. The molecule has 0 amide bonds. The maximum absolute atomic E-state index is 13.6. The lowest BCUT2D eigenvalue weighted by atomic mass is 9.79. The van der Waals surface area contributed by atoms with Crippen molar-refractivity contribution in [2.75, 3.05) is 13.7 Å². The number of hydrogen-bond acceptors (Lipinski definition) is 6. The van der Waals surface area contributed by atoms with Gasteiger partial charge in [0.05, 0.1) is 25.0 Å². The number of ketones is 1. The number of hydrogen-bond donors (Lipinski definition) is 1. The van der Waals surface area contributed by atoms with Crippen molar-refractivity contribution >= 4 is 17.4 Å². The predicted molar refractivity (Wildman–Crippen MR) is 137 cm³/mol. The zero-order valence-corrected chi connectivity index (χ0v) is 20.8. The van der Waals surface area contributed by atoms with Gasteiger partial charge in [0.2, 0.25) is 0 Å². The first kappa shape index (κ1) is 24.3. The molecule has 2 aliphatic rings. The average Bonchev–Trinajstić information content (AvgIpc) is 3.19. The van der Waals surface area contributed by atoms with Crippen molar-refractivity contribution < 1.29 is 28.2 Å². The molecule has 1 N–H and O–H groups in total. The van der Waals surface area contributed by atoms with E-state index < -0.39 is 11.9 Å². The summed E-state index contributed by atoms with van der Waals surface area (Å²) in [7, 11) is 1.33. The van der Waals surface area contributed by atoms with Gasteiger partial charge in [0, 0.05) is 28.3 Å². The summed E-state index contributed by atoms with van der Waals surface area (Å²) >= 11 is 0. The van der Waals surface area contributed by atoms with Crippen LogP contribution in [0.1, 0.15) is 46.8 Å². The summed E-state index contributed by atoms with van der Waals surface area (Å²) in [4.78, 5) is 26.5. The summed E-state index contributed by atoms with van der Waals surface area (Å²) in [5, 5.41) is 3.28. The van der Waals surface area contributed by atoms with Crippen molar-refractivity contribution in [2.45, 2.75) is 26.4 Å². The SMILES string of the molecule is CCOc1cc([C@H]2C(C(=O)OC)=C(C)NC3=C2C(=O)c2ccccc23)ccc1OCc1ccc(F)cc1. The minimum absolute atomic E-state index is 0.133. The Balaban J connectivity index is 1.57. The molecule has 0 unspecified atom stereocenters. The minimum atomic E-state index is -0.658. The Morgan fingerprint density at radius 3 is 2.41 bits per heavy atom. The number of esters is 1. The van der Waals surface area contributed by atoms with E-state index in [1.807, 2.05) is 31.2 Å². The molecule has 1 heterocycles. The molecule has 0 saturated heterocycles. The number of Topliss-reactive ketones (excluding diaryl/α,β-unsaturated/α-hetero) is 1. The van der Waals surface area contributed by atoms with Crippen LogP contribution in [0, 0.1) is 5.82 Å². The van der Waals surface area contributed by atoms with Crippen LogP contribution < -0.4 is 14.8 Å². The van der Waals surface area contributed by atoms with E-state index in [2.05, 4.69) is 5.32 Å². The molecule has 0 fully saturated rings. The average molecular weight is 500 g/mol. The number of carbonyl (C=O) groups excluding carboxylic acids is 2. The first-order valence-corrected chi connectivity index (χ1v) is 12.0. The number of nitrogens with one attached hydrogen (secondary N) is 1. The van der Waals surface area contributed by atoms with Gasteiger partial charge >= 0.3 is 5.97 Å². The molecule has 3 aromatic rings. The summed E-state index contributed by atoms with van der Waals surface area (Å²) in [6, 6.07) is 18.9. The molecule has 1 aliphatic carbocycles. The lowest BCUT2D eigenvalue weighted by molar-refractivity contribution is -0.136. The molecule has 1 aliphatic heterocycles. The lowest BCUT2D eigenvalue weighted by Gasteiger charge is -2.29. The predicted octanol–water partition coefficient (Wildman–Crippen LogP) is 5.54. The summed E-state index contributed by atoms with van der Waals surface area (Å²) in [6.07, 6.45) is 0. The van der Waals surface area contributed by atoms with Crippen molar-refractivity contribution in [1.29, 1.82) is 0 Å². The third kappa shape index (κ3) is 4.37. The Bertz CT molecular complexity index is 1460. The topological polar surface area (TPSA) is 73.9 Å². The van der Waals surface area contributed by atoms with E-state index in [-0.39, 0.29) is 18.2 Å². The molecule has 3 aromatic carbocycles. The van der Waals surface area contributed by atoms with Gasteiger partial charge in [-0.15, -0.1) is 0 Å². The van der Waals surface area contributed by atoms with E-state index in [4.69, 9.17) is 14.2 Å². The first-order valence-electron chi connectivity index (χ1n) is 12.0. The van der Waals surface area contributed by atoms with Crippen molar-refractivity contribution in [1.82, 2.24) is 5.32 Å².